The minimum absolute atomic E-state index is 0.0833. The summed E-state index contributed by atoms with van der Waals surface area (Å²) in [4.78, 5) is 24.8. The van der Waals surface area contributed by atoms with Gasteiger partial charge in [-0.05, 0) is 12.1 Å². The molecular formula is C14H15F3N2O3. The molecule has 8 heteroatoms. The number of amides is 2. The summed E-state index contributed by atoms with van der Waals surface area (Å²) >= 11 is 0. The molecule has 0 unspecified atom stereocenters. The van der Waals surface area contributed by atoms with Gasteiger partial charge >= 0.3 is 6.61 Å². The van der Waals surface area contributed by atoms with E-state index in [0.717, 1.165) is 6.07 Å². The van der Waals surface area contributed by atoms with Crippen LogP contribution in [0.4, 0.5) is 13.2 Å². The van der Waals surface area contributed by atoms with Crippen molar-refractivity contribution in [2.24, 2.45) is 5.92 Å². The third-order valence-corrected chi connectivity index (χ3v) is 3.44. The molecule has 2 amide bonds. The van der Waals surface area contributed by atoms with E-state index in [-0.39, 0.29) is 36.7 Å². The molecule has 120 valence electrons. The van der Waals surface area contributed by atoms with Gasteiger partial charge in [0.1, 0.15) is 11.6 Å². The Balaban J connectivity index is 2.02. The summed E-state index contributed by atoms with van der Waals surface area (Å²) in [5.74, 6) is -2.17. The molecule has 1 aromatic rings. The van der Waals surface area contributed by atoms with Gasteiger partial charge < -0.3 is 15.0 Å². The van der Waals surface area contributed by atoms with Crippen LogP contribution in [0.5, 0.6) is 5.75 Å². The molecule has 1 atom stereocenters. The molecule has 0 spiro atoms. The van der Waals surface area contributed by atoms with Gasteiger partial charge in [-0.2, -0.15) is 8.78 Å². The summed E-state index contributed by atoms with van der Waals surface area (Å²) in [7, 11) is 1.58. The van der Waals surface area contributed by atoms with Crippen LogP contribution in [0.25, 0.3) is 0 Å². The lowest BCUT2D eigenvalue weighted by Crippen LogP contribution is -2.32. The van der Waals surface area contributed by atoms with E-state index >= 15 is 0 Å². The lowest BCUT2D eigenvalue weighted by Gasteiger charge is -2.14. The first-order chi connectivity index (χ1) is 10.4. The number of carbonyl (C=O) groups is 2. The van der Waals surface area contributed by atoms with E-state index < -0.39 is 24.3 Å². The maximum atomic E-state index is 13.7. The fraction of sp³-hybridized carbons (Fsp3) is 0.429. The first kappa shape index (κ1) is 16.1. The Morgan fingerprint density at radius 2 is 2.23 bits per heavy atom. The highest BCUT2D eigenvalue weighted by atomic mass is 19.3. The van der Waals surface area contributed by atoms with Crippen LogP contribution >= 0.6 is 0 Å². The molecule has 0 radical (unpaired) electrons. The number of ether oxygens (including phenoxy) is 1. The summed E-state index contributed by atoms with van der Waals surface area (Å²) in [6, 6.07) is 3.53. The number of hydrogen-bond donors (Lipinski definition) is 1. The molecule has 2 rings (SSSR count). The summed E-state index contributed by atoms with van der Waals surface area (Å²) in [5.41, 5.74) is -0.158. The first-order valence-electron chi connectivity index (χ1n) is 6.62. The third kappa shape index (κ3) is 3.69. The average molecular weight is 316 g/mol. The minimum Gasteiger partial charge on any atom is -0.434 e. The van der Waals surface area contributed by atoms with Gasteiger partial charge in [-0.1, -0.05) is 6.07 Å². The third-order valence-electron chi connectivity index (χ3n) is 3.44. The second-order valence-corrected chi connectivity index (χ2v) is 4.99. The highest BCUT2D eigenvalue weighted by Gasteiger charge is 2.32. The van der Waals surface area contributed by atoms with Crippen molar-refractivity contribution < 1.29 is 27.5 Å². The Kier molecular flexibility index (Phi) is 4.89. The number of nitrogens with one attached hydrogen (secondary N) is 1. The van der Waals surface area contributed by atoms with Crippen LogP contribution in [0.1, 0.15) is 12.0 Å². The number of rotatable bonds is 5. The second kappa shape index (κ2) is 6.67. The van der Waals surface area contributed by atoms with E-state index in [2.05, 4.69) is 10.1 Å². The van der Waals surface area contributed by atoms with Gasteiger partial charge in [0.2, 0.25) is 11.8 Å². The molecule has 5 nitrogen and oxygen atoms in total. The van der Waals surface area contributed by atoms with Gasteiger partial charge in [-0.3, -0.25) is 9.59 Å². The highest BCUT2D eigenvalue weighted by molar-refractivity contribution is 5.89. The van der Waals surface area contributed by atoms with Crippen molar-refractivity contribution >= 4 is 11.8 Å². The van der Waals surface area contributed by atoms with Gasteiger partial charge in [-0.15, -0.1) is 0 Å². The van der Waals surface area contributed by atoms with Crippen LogP contribution in [-0.4, -0.2) is 36.9 Å². The van der Waals surface area contributed by atoms with E-state index in [1.54, 1.807) is 7.05 Å². The predicted octanol–water partition coefficient (Wildman–Crippen LogP) is 1.52. The smallest absolute Gasteiger partial charge is 0.387 e. The van der Waals surface area contributed by atoms with Crippen LogP contribution in [-0.2, 0) is 16.1 Å². The maximum absolute atomic E-state index is 13.7. The lowest BCUT2D eigenvalue weighted by molar-refractivity contribution is -0.128. The molecule has 1 fully saturated rings. The van der Waals surface area contributed by atoms with Crippen LogP contribution in [0.15, 0.2) is 18.2 Å². The maximum Gasteiger partial charge on any atom is 0.387 e. The molecule has 1 heterocycles. The summed E-state index contributed by atoms with van der Waals surface area (Å²) in [6.45, 7) is -3.10. The van der Waals surface area contributed by atoms with Crippen molar-refractivity contribution in [2.75, 3.05) is 13.6 Å². The number of benzene rings is 1. The van der Waals surface area contributed by atoms with Crippen molar-refractivity contribution in [2.45, 2.75) is 19.6 Å². The Morgan fingerprint density at radius 3 is 2.82 bits per heavy atom. The molecule has 1 aromatic carbocycles. The summed E-state index contributed by atoms with van der Waals surface area (Å²) < 4.78 is 42.5. The van der Waals surface area contributed by atoms with Gasteiger partial charge in [-0.25, -0.2) is 4.39 Å². The number of alkyl halides is 2. The number of hydrogen-bond acceptors (Lipinski definition) is 3. The largest absolute Gasteiger partial charge is 0.434 e. The van der Waals surface area contributed by atoms with Crippen molar-refractivity contribution in [3.63, 3.8) is 0 Å². The van der Waals surface area contributed by atoms with E-state index in [1.165, 1.54) is 17.0 Å². The molecule has 0 aliphatic carbocycles. The summed E-state index contributed by atoms with van der Waals surface area (Å²) in [5, 5.41) is 2.45. The van der Waals surface area contributed by atoms with Crippen LogP contribution in [0, 0.1) is 11.7 Å². The molecule has 1 saturated heterocycles. The number of likely N-dealkylation sites (tertiary alicyclic amines) is 1. The van der Waals surface area contributed by atoms with E-state index in [1.807, 2.05) is 0 Å². The molecular weight excluding hydrogens is 301 g/mol. The molecule has 0 bridgehead atoms. The SMILES string of the molecule is CN1C[C@@H](C(=O)NCc2c(F)cccc2OC(F)F)CC1=O. The second-order valence-electron chi connectivity index (χ2n) is 4.99. The predicted molar refractivity (Wildman–Crippen MR) is 70.6 cm³/mol. The lowest BCUT2D eigenvalue weighted by atomic mass is 10.1. The van der Waals surface area contributed by atoms with Gasteiger partial charge in [0.25, 0.3) is 0 Å². The summed E-state index contributed by atoms with van der Waals surface area (Å²) in [6.07, 6.45) is 0.0833. The number of halogens is 3. The fourth-order valence-corrected chi connectivity index (χ4v) is 2.28. The van der Waals surface area contributed by atoms with Crippen LogP contribution in [0.3, 0.4) is 0 Å². The van der Waals surface area contributed by atoms with Crippen molar-refractivity contribution in [3.05, 3.63) is 29.6 Å². The van der Waals surface area contributed by atoms with Crippen molar-refractivity contribution in [1.82, 2.24) is 10.2 Å². The van der Waals surface area contributed by atoms with E-state index in [0.29, 0.717) is 0 Å². The fourth-order valence-electron chi connectivity index (χ4n) is 2.28. The Hall–Kier alpha value is -2.25. The first-order valence-corrected chi connectivity index (χ1v) is 6.62. The zero-order chi connectivity index (χ0) is 16.3. The van der Waals surface area contributed by atoms with Crippen molar-refractivity contribution in [3.8, 4) is 5.75 Å². The topological polar surface area (TPSA) is 58.6 Å². The zero-order valence-electron chi connectivity index (χ0n) is 11.8. The minimum atomic E-state index is -3.09. The molecule has 22 heavy (non-hydrogen) atoms. The number of carbonyl (C=O) groups excluding carboxylic acids is 2. The Bertz CT molecular complexity index is 580. The molecule has 1 N–H and O–H groups in total. The highest BCUT2D eigenvalue weighted by Crippen LogP contribution is 2.24. The van der Waals surface area contributed by atoms with Crippen LogP contribution in [0.2, 0.25) is 0 Å². The number of nitrogens with zero attached hydrogens (tertiary/aromatic N) is 1. The molecule has 1 aliphatic rings. The zero-order valence-corrected chi connectivity index (χ0v) is 11.8. The molecule has 1 aliphatic heterocycles. The quantitative estimate of drug-likeness (QED) is 0.896. The molecule has 0 aromatic heterocycles. The average Bonchev–Trinajstić information content (AvgIpc) is 2.77. The monoisotopic (exact) mass is 316 g/mol. The van der Waals surface area contributed by atoms with E-state index in [4.69, 9.17) is 0 Å². The normalized spacial score (nSPS) is 18.0. The van der Waals surface area contributed by atoms with Crippen LogP contribution < -0.4 is 10.1 Å². The van der Waals surface area contributed by atoms with Crippen molar-refractivity contribution in [1.29, 1.82) is 0 Å². The van der Waals surface area contributed by atoms with E-state index in [9.17, 15) is 22.8 Å². The van der Waals surface area contributed by atoms with Gasteiger partial charge in [0.05, 0.1) is 5.92 Å². The Morgan fingerprint density at radius 1 is 1.50 bits per heavy atom. The van der Waals surface area contributed by atoms with Gasteiger partial charge in [0.15, 0.2) is 0 Å². The Labute approximate surface area is 125 Å². The molecule has 0 saturated carbocycles. The van der Waals surface area contributed by atoms with Gasteiger partial charge in [0, 0.05) is 32.1 Å². The standard InChI is InChI=1S/C14H15F3N2O3/c1-19-7-8(5-12(19)20)13(21)18-6-9-10(15)3-2-4-11(9)22-14(16)17/h2-4,8,14H,5-7H2,1H3,(H,18,21)/t8-/m0/s1.